The first-order valence-electron chi connectivity index (χ1n) is 10.5. The molecule has 0 fully saturated rings. The van der Waals surface area contributed by atoms with Crippen molar-refractivity contribution in [2.75, 3.05) is 11.9 Å². The molecule has 1 N–H and O–H groups in total. The number of nitrogens with zero attached hydrogens (tertiary/aromatic N) is 5. The Hall–Kier alpha value is -3.99. The zero-order valence-electron chi connectivity index (χ0n) is 17.9. The molecular weight excluding hydrogens is 407 g/mol. The molecular formula is C24H23FN6O. The summed E-state index contributed by atoms with van der Waals surface area (Å²) in [5.41, 5.74) is 2.36. The monoisotopic (exact) mass is 430 g/mol. The normalized spacial score (nSPS) is 11.8. The van der Waals surface area contributed by atoms with Crippen molar-refractivity contribution in [2.24, 2.45) is 0 Å². The van der Waals surface area contributed by atoms with Crippen LogP contribution in [-0.4, -0.2) is 26.3 Å². The van der Waals surface area contributed by atoms with Crippen LogP contribution in [0, 0.1) is 17.1 Å². The number of benzene rings is 1. The number of hydrogen-bond donors (Lipinski definition) is 1. The Bertz CT molecular complexity index is 1270. The van der Waals surface area contributed by atoms with E-state index in [0.29, 0.717) is 28.5 Å². The maximum Gasteiger partial charge on any atom is 0.169 e. The fraction of sp³-hybridized carbons (Fsp3) is 0.250. The molecule has 32 heavy (non-hydrogen) atoms. The molecule has 7 nitrogen and oxygen atoms in total. The number of aromatic nitrogens is 4. The molecule has 162 valence electrons. The second kappa shape index (κ2) is 9.43. The average molecular weight is 430 g/mol. The highest BCUT2D eigenvalue weighted by atomic mass is 19.1. The predicted octanol–water partition coefficient (Wildman–Crippen LogP) is 5.18. The molecule has 0 spiro atoms. The van der Waals surface area contributed by atoms with Crippen molar-refractivity contribution in [2.45, 2.75) is 32.8 Å². The number of unbranched alkanes of at least 4 members (excludes halogenated alkanes) is 1. The van der Waals surface area contributed by atoms with Gasteiger partial charge in [-0.25, -0.2) is 14.1 Å². The minimum absolute atomic E-state index is 0.454. The molecule has 1 aromatic carbocycles. The third-order valence-electron chi connectivity index (χ3n) is 5.04. The van der Waals surface area contributed by atoms with Crippen LogP contribution in [-0.2, 0) is 0 Å². The Labute approximate surface area is 185 Å². The summed E-state index contributed by atoms with van der Waals surface area (Å²) in [5.74, 6) is 0.698. The molecule has 3 heterocycles. The summed E-state index contributed by atoms with van der Waals surface area (Å²) in [6, 6.07) is 12.5. The number of pyridine rings is 2. The lowest BCUT2D eigenvalue weighted by Crippen LogP contribution is -2.13. The van der Waals surface area contributed by atoms with Gasteiger partial charge in [0.15, 0.2) is 11.6 Å². The highest BCUT2D eigenvalue weighted by Crippen LogP contribution is 2.32. The molecule has 3 aromatic heterocycles. The van der Waals surface area contributed by atoms with E-state index in [9.17, 15) is 9.65 Å². The van der Waals surface area contributed by atoms with E-state index in [-0.39, 0.29) is 0 Å². The molecule has 1 atom stereocenters. The van der Waals surface area contributed by atoms with Crippen LogP contribution in [0.25, 0.3) is 16.6 Å². The van der Waals surface area contributed by atoms with Crippen molar-refractivity contribution in [3.63, 3.8) is 0 Å². The van der Waals surface area contributed by atoms with Crippen molar-refractivity contribution in [1.82, 2.24) is 19.7 Å². The van der Waals surface area contributed by atoms with E-state index in [0.717, 1.165) is 30.3 Å². The predicted molar refractivity (Wildman–Crippen MR) is 120 cm³/mol. The third-order valence-corrected chi connectivity index (χ3v) is 5.04. The number of ether oxygens (including phenoxy) is 1. The van der Waals surface area contributed by atoms with Gasteiger partial charge < -0.3 is 10.1 Å². The van der Waals surface area contributed by atoms with Crippen molar-refractivity contribution in [3.8, 4) is 17.5 Å². The van der Waals surface area contributed by atoms with Gasteiger partial charge in [-0.2, -0.15) is 10.4 Å². The van der Waals surface area contributed by atoms with Crippen LogP contribution >= 0.6 is 0 Å². The lowest BCUT2D eigenvalue weighted by molar-refractivity contribution is 0.222. The Morgan fingerprint density at radius 3 is 2.91 bits per heavy atom. The molecule has 4 aromatic rings. The number of hydrogen-bond acceptors (Lipinski definition) is 6. The molecule has 0 saturated heterocycles. The summed E-state index contributed by atoms with van der Waals surface area (Å²) in [5, 5.41) is 17.6. The minimum Gasteiger partial charge on any atom is -0.480 e. The standard InChI is InChI=1S/C24H23FN6O/c1-3-4-8-27-24-22(12-18-11-17(14-26)6-7-20(18)30-24)32-16(2)23-21(13-19(25)15-28-23)31-10-5-9-29-31/h5-7,9-13,15-16H,3-4,8H2,1-2H3,(H,27,30). The first-order chi connectivity index (χ1) is 15.6. The van der Waals surface area contributed by atoms with E-state index >= 15 is 0 Å². The number of fused-ring (bicyclic) bond motifs is 1. The Morgan fingerprint density at radius 2 is 2.16 bits per heavy atom. The van der Waals surface area contributed by atoms with E-state index < -0.39 is 11.9 Å². The van der Waals surface area contributed by atoms with Gasteiger partial charge in [0.25, 0.3) is 0 Å². The molecule has 0 amide bonds. The fourth-order valence-corrected chi connectivity index (χ4v) is 3.42. The number of halogens is 1. The number of anilines is 1. The van der Waals surface area contributed by atoms with E-state index in [1.165, 1.54) is 12.3 Å². The number of nitrogens with one attached hydrogen (secondary N) is 1. The molecule has 8 heteroatoms. The second-order valence-electron chi connectivity index (χ2n) is 7.40. The maximum atomic E-state index is 13.9. The minimum atomic E-state index is -0.514. The Morgan fingerprint density at radius 1 is 1.28 bits per heavy atom. The summed E-state index contributed by atoms with van der Waals surface area (Å²) >= 11 is 0. The van der Waals surface area contributed by atoms with Crippen LogP contribution in [0.1, 0.15) is 44.1 Å². The summed E-state index contributed by atoms with van der Waals surface area (Å²) in [6.45, 7) is 4.72. The summed E-state index contributed by atoms with van der Waals surface area (Å²) in [7, 11) is 0. The third kappa shape index (κ3) is 4.52. The van der Waals surface area contributed by atoms with Gasteiger partial charge in [0.05, 0.1) is 29.0 Å². The van der Waals surface area contributed by atoms with Gasteiger partial charge in [0, 0.05) is 30.4 Å². The molecule has 0 bridgehead atoms. The van der Waals surface area contributed by atoms with Gasteiger partial charge in [-0.05, 0) is 43.7 Å². The van der Waals surface area contributed by atoms with Crippen molar-refractivity contribution in [1.29, 1.82) is 5.26 Å². The highest BCUT2D eigenvalue weighted by Gasteiger charge is 2.19. The zero-order valence-corrected chi connectivity index (χ0v) is 17.9. The zero-order chi connectivity index (χ0) is 22.5. The number of rotatable bonds is 8. The van der Waals surface area contributed by atoms with Crippen LogP contribution in [0.4, 0.5) is 10.2 Å². The van der Waals surface area contributed by atoms with Crippen LogP contribution in [0.3, 0.4) is 0 Å². The first-order valence-corrected chi connectivity index (χ1v) is 10.5. The quantitative estimate of drug-likeness (QED) is 0.388. The first kappa shape index (κ1) is 21.2. The summed E-state index contributed by atoms with van der Waals surface area (Å²) in [4.78, 5) is 8.99. The van der Waals surface area contributed by atoms with Crippen LogP contribution in [0.2, 0.25) is 0 Å². The lowest BCUT2D eigenvalue weighted by atomic mass is 10.1. The van der Waals surface area contributed by atoms with Gasteiger partial charge in [0.2, 0.25) is 0 Å². The largest absolute Gasteiger partial charge is 0.480 e. The number of nitriles is 1. The topological polar surface area (TPSA) is 88.6 Å². The molecule has 0 aliphatic rings. The van der Waals surface area contributed by atoms with Crippen LogP contribution in [0.15, 0.2) is 55.0 Å². The van der Waals surface area contributed by atoms with E-state index in [2.05, 4.69) is 28.4 Å². The summed E-state index contributed by atoms with van der Waals surface area (Å²) < 4.78 is 21.8. The SMILES string of the molecule is CCCCNc1nc2ccc(C#N)cc2cc1OC(C)c1ncc(F)cc1-n1cccn1. The maximum absolute atomic E-state index is 13.9. The Balaban J connectivity index is 1.72. The van der Waals surface area contributed by atoms with Crippen molar-refractivity contribution < 1.29 is 9.13 Å². The highest BCUT2D eigenvalue weighted by molar-refractivity contribution is 5.84. The van der Waals surface area contributed by atoms with E-state index in [1.807, 2.05) is 19.1 Å². The fourth-order valence-electron chi connectivity index (χ4n) is 3.42. The molecule has 0 aliphatic heterocycles. The lowest BCUT2D eigenvalue weighted by Gasteiger charge is -2.20. The molecule has 0 saturated carbocycles. The van der Waals surface area contributed by atoms with Gasteiger partial charge in [-0.1, -0.05) is 13.3 Å². The van der Waals surface area contributed by atoms with Crippen molar-refractivity contribution >= 4 is 16.7 Å². The van der Waals surface area contributed by atoms with E-state index in [1.54, 1.807) is 35.3 Å². The molecule has 0 radical (unpaired) electrons. The van der Waals surface area contributed by atoms with Gasteiger partial charge in [-0.15, -0.1) is 0 Å². The molecule has 1 unspecified atom stereocenters. The molecule has 4 rings (SSSR count). The van der Waals surface area contributed by atoms with Gasteiger partial charge in [-0.3, -0.25) is 4.98 Å². The van der Waals surface area contributed by atoms with E-state index in [4.69, 9.17) is 9.72 Å². The Kier molecular flexibility index (Phi) is 6.26. The van der Waals surface area contributed by atoms with Gasteiger partial charge >= 0.3 is 0 Å². The van der Waals surface area contributed by atoms with Crippen LogP contribution in [0.5, 0.6) is 5.75 Å². The van der Waals surface area contributed by atoms with Crippen LogP contribution < -0.4 is 10.1 Å². The smallest absolute Gasteiger partial charge is 0.169 e. The van der Waals surface area contributed by atoms with Crippen molar-refractivity contribution in [3.05, 3.63) is 72.1 Å². The average Bonchev–Trinajstić information content (AvgIpc) is 3.34. The van der Waals surface area contributed by atoms with Gasteiger partial charge in [0.1, 0.15) is 17.6 Å². The summed E-state index contributed by atoms with van der Waals surface area (Å²) in [6.07, 6.45) is 6.04. The second-order valence-corrected chi connectivity index (χ2v) is 7.40. The molecule has 0 aliphatic carbocycles.